The van der Waals surface area contributed by atoms with E-state index in [1.54, 1.807) is 0 Å². The van der Waals surface area contributed by atoms with Gasteiger partial charge in [-0.2, -0.15) is 0 Å². The van der Waals surface area contributed by atoms with Crippen LogP contribution in [0.5, 0.6) is 0 Å². The molecule has 2 aromatic rings. The van der Waals surface area contributed by atoms with Gasteiger partial charge in [0, 0.05) is 11.9 Å². The molecular weight excluding hydrogens is 220 g/mol. The number of benzene rings is 1. The Balaban J connectivity index is 1.60. The van der Waals surface area contributed by atoms with Crippen LogP contribution in [0.15, 0.2) is 36.4 Å². The molecule has 0 saturated heterocycles. The van der Waals surface area contributed by atoms with Gasteiger partial charge in [0.05, 0.1) is 11.2 Å². The van der Waals surface area contributed by atoms with Gasteiger partial charge >= 0.3 is 0 Å². The summed E-state index contributed by atoms with van der Waals surface area (Å²) in [6, 6.07) is 12.6. The molecule has 3 rings (SSSR count). The number of hydrogen-bond donors (Lipinski definition) is 1. The van der Waals surface area contributed by atoms with Gasteiger partial charge in [0.1, 0.15) is 0 Å². The van der Waals surface area contributed by atoms with Crippen molar-refractivity contribution in [2.45, 2.75) is 32.2 Å². The standard InChI is InChI=1S/C16H20N2/c1-2-6-13(5-1)11-17-12-15-10-9-14-7-3-4-8-16(14)18-15/h3-4,7-10,13,17H,1-2,5-6,11-12H2. The Hall–Kier alpha value is -1.41. The summed E-state index contributed by atoms with van der Waals surface area (Å²) < 4.78 is 0. The zero-order valence-corrected chi connectivity index (χ0v) is 10.7. The first kappa shape index (κ1) is 11.7. The zero-order valence-electron chi connectivity index (χ0n) is 10.7. The molecule has 1 N–H and O–H groups in total. The minimum Gasteiger partial charge on any atom is -0.311 e. The number of hydrogen-bond acceptors (Lipinski definition) is 2. The number of fused-ring (bicyclic) bond motifs is 1. The molecule has 1 fully saturated rings. The second-order valence-electron chi connectivity index (χ2n) is 5.28. The number of rotatable bonds is 4. The molecule has 1 aromatic heterocycles. The Morgan fingerprint density at radius 3 is 2.78 bits per heavy atom. The van der Waals surface area contributed by atoms with E-state index in [-0.39, 0.29) is 0 Å². The Morgan fingerprint density at radius 2 is 1.89 bits per heavy atom. The molecule has 0 radical (unpaired) electrons. The molecule has 2 nitrogen and oxygen atoms in total. The lowest BCUT2D eigenvalue weighted by molar-refractivity contribution is 0.487. The molecule has 94 valence electrons. The number of aromatic nitrogens is 1. The fourth-order valence-corrected chi connectivity index (χ4v) is 2.83. The zero-order chi connectivity index (χ0) is 12.2. The van der Waals surface area contributed by atoms with Gasteiger partial charge in [-0.1, -0.05) is 37.1 Å². The highest BCUT2D eigenvalue weighted by atomic mass is 14.9. The van der Waals surface area contributed by atoms with E-state index < -0.39 is 0 Å². The highest BCUT2D eigenvalue weighted by Crippen LogP contribution is 2.23. The maximum Gasteiger partial charge on any atom is 0.0705 e. The van der Waals surface area contributed by atoms with Gasteiger partial charge in [0.2, 0.25) is 0 Å². The first-order valence-electron chi connectivity index (χ1n) is 6.97. The third-order valence-electron chi connectivity index (χ3n) is 3.87. The first-order valence-corrected chi connectivity index (χ1v) is 6.97. The largest absolute Gasteiger partial charge is 0.311 e. The summed E-state index contributed by atoms with van der Waals surface area (Å²) in [6.45, 7) is 2.04. The van der Waals surface area contributed by atoms with Crippen LogP contribution in [0.1, 0.15) is 31.4 Å². The van der Waals surface area contributed by atoms with Crippen LogP contribution in [-0.4, -0.2) is 11.5 Å². The minimum absolute atomic E-state index is 0.890. The lowest BCUT2D eigenvalue weighted by Crippen LogP contribution is -2.21. The quantitative estimate of drug-likeness (QED) is 0.884. The molecule has 0 spiro atoms. The van der Waals surface area contributed by atoms with E-state index in [4.69, 9.17) is 0 Å². The lowest BCUT2D eigenvalue weighted by atomic mass is 10.1. The molecule has 0 amide bonds. The summed E-state index contributed by atoms with van der Waals surface area (Å²) in [6.07, 6.45) is 5.64. The van der Waals surface area contributed by atoms with E-state index in [9.17, 15) is 0 Å². The van der Waals surface area contributed by atoms with E-state index in [0.29, 0.717) is 0 Å². The van der Waals surface area contributed by atoms with Crippen LogP contribution >= 0.6 is 0 Å². The Kier molecular flexibility index (Phi) is 3.56. The van der Waals surface area contributed by atoms with Crippen LogP contribution in [-0.2, 0) is 6.54 Å². The molecular formula is C16H20N2. The van der Waals surface area contributed by atoms with Crippen molar-refractivity contribution in [3.05, 3.63) is 42.1 Å². The Labute approximate surface area is 108 Å². The molecule has 1 aromatic carbocycles. The number of nitrogens with one attached hydrogen (secondary N) is 1. The third-order valence-corrected chi connectivity index (χ3v) is 3.87. The first-order chi connectivity index (χ1) is 8.92. The van der Waals surface area contributed by atoms with E-state index in [0.717, 1.165) is 30.2 Å². The summed E-state index contributed by atoms with van der Waals surface area (Å²) in [5.41, 5.74) is 2.24. The van der Waals surface area contributed by atoms with E-state index in [2.05, 4.69) is 40.6 Å². The smallest absolute Gasteiger partial charge is 0.0705 e. The van der Waals surface area contributed by atoms with Crippen molar-refractivity contribution >= 4 is 10.9 Å². The van der Waals surface area contributed by atoms with Crippen molar-refractivity contribution in [1.29, 1.82) is 0 Å². The Morgan fingerprint density at radius 1 is 1.06 bits per heavy atom. The maximum absolute atomic E-state index is 4.68. The number of para-hydroxylation sites is 1. The second kappa shape index (κ2) is 5.49. The maximum atomic E-state index is 4.68. The number of nitrogens with zero attached hydrogens (tertiary/aromatic N) is 1. The van der Waals surface area contributed by atoms with Crippen molar-refractivity contribution in [2.24, 2.45) is 5.92 Å². The van der Waals surface area contributed by atoms with Crippen LogP contribution in [0.2, 0.25) is 0 Å². The molecule has 0 atom stereocenters. The van der Waals surface area contributed by atoms with Gasteiger partial charge in [0.15, 0.2) is 0 Å². The summed E-state index contributed by atoms with van der Waals surface area (Å²) in [5.74, 6) is 0.894. The third kappa shape index (κ3) is 2.70. The SMILES string of the molecule is c1ccc2nc(CNCC3CCCC3)ccc2c1. The van der Waals surface area contributed by atoms with Gasteiger partial charge < -0.3 is 5.32 Å². The van der Waals surface area contributed by atoms with Gasteiger partial charge in [0.25, 0.3) is 0 Å². The summed E-state index contributed by atoms with van der Waals surface area (Å²) in [5, 5.41) is 4.77. The van der Waals surface area contributed by atoms with Crippen molar-refractivity contribution in [2.75, 3.05) is 6.54 Å². The monoisotopic (exact) mass is 240 g/mol. The second-order valence-corrected chi connectivity index (χ2v) is 5.28. The van der Waals surface area contributed by atoms with Gasteiger partial charge in [-0.15, -0.1) is 0 Å². The summed E-state index contributed by atoms with van der Waals surface area (Å²) >= 11 is 0. The van der Waals surface area contributed by atoms with E-state index >= 15 is 0 Å². The molecule has 1 heterocycles. The molecule has 0 unspecified atom stereocenters. The van der Waals surface area contributed by atoms with E-state index in [1.807, 2.05) is 6.07 Å². The molecule has 1 aliphatic carbocycles. The topological polar surface area (TPSA) is 24.9 Å². The fraction of sp³-hybridized carbons (Fsp3) is 0.438. The summed E-state index contributed by atoms with van der Waals surface area (Å²) in [4.78, 5) is 4.68. The number of pyridine rings is 1. The van der Waals surface area contributed by atoms with Crippen LogP contribution in [0.4, 0.5) is 0 Å². The lowest BCUT2D eigenvalue weighted by Gasteiger charge is -2.10. The molecule has 0 aliphatic heterocycles. The molecule has 18 heavy (non-hydrogen) atoms. The average Bonchev–Trinajstić information content (AvgIpc) is 2.92. The van der Waals surface area contributed by atoms with Gasteiger partial charge in [-0.3, -0.25) is 4.98 Å². The normalized spacial score (nSPS) is 16.4. The van der Waals surface area contributed by atoms with Crippen LogP contribution in [0.3, 0.4) is 0 Å². The van der Waals surface area contributed by atoms with Crippen LogP contribution in [0, 0.1) is 5.92 Å². The van der Waals surface area contributed by atoms with Crippen molar-refractivity contribution in [3.8, 4) is 0 Å². The molecule has 2 heteroatoms. The van der Waals surface area contributed by atoms with Crippen LogP contribution < -0.4 is 5.32 Å². The highest BCUT2D eigenvalue weighted by molar-refractivity contribution is 5.78. The fourth-order valence-electron chi connectivity index (χ4n) is 2.83. The summed E-state index contributed by atoms with van der Waals surface area (Å²) in [7, 11) is 0. The Bertz CT molecular complexity index is 515. The average molecular weight is 240 g/mol. The van der Waals surface area contributed by atoms with Crippen LogP contribution in [0.25, 0.3) is 10.9 Å². The molecule has 1 aliphatic rings. The van der Waals surface area contributed by atoms with Gasteiger partial charge in [-0.25, -0.2) is 0 Å². The van der Waals surface area contributed by atoms with Crippen molar-refractivity contribution < 1.29 is 0 Å². The van der Waals surface area contributed by atoms with Gasteiger partial charge in [-0.05, 0) is 37.4 Å². The predicted molar refractivity (Wildman–Crippen MR) is 75.4 cm³/mol. The highest BCUT2D eigenvalue weighted by Gasteiger charge is 2.13. The molecule has 1 saturated carbocycles. The predicted octanol–water partition coefficient (Wildman–Crippen LogP) is 3.51. The van der Waals surface area contributed by atoms with Crippen molar-refractivity contribution in [3.63, 3.8) is 0 Å². The van der Waals surface area contributed by atoms with E-state index in [1.165, 1.54) is 31.1 Å². The minimum atomic E-state index is 0.890. The van der Waals surface area contributed by atoms with Crippen molar-refractivity contribution in [1.82, 2.24) is 10.3 Å². The molecule has 0 bridgehead atoms.